The lowest BCUT2D eigenvalue weighted by atomic mass is 10.3. The van der Waals surface area contributed by atoms with Gasteiger partial charge in [0.1, 0.15) is 10.7 Å². The molecule has 6 heteroatoms. The highest BCUT2D eigenvalue weighted by molar-refractivity contribution is 9.10. The number of aromatic nitrogens is 2. The van der Waals surface area contributed by atoms with Crippen LogP contribution in [0.3, 0.4) is 0 Å². The maximum absolute atomic E-state index is 12.1. The van der Waals surface area contributed by atoms with Crippen molar-refractivity contribution in [3.63, 3.8) is 0 Å². The number of thiazole rings is 1. The Labute approximate surface area is 118 Å². The fraction of sp³-hybridized carbons (Fsp3) is 0.333. The molecule has 0 aliphatic carbocycles. The smallest absolute Gasteiger partial charge is 0.268 e. The summed E-state index contributed by atoms with van der Waals surface area (Å²) >= 11 is 4.96. The van der Waals surface area contributed by atoms with E-state index >= 15 is 0 Å². The van der Waals surface area contributed by atoms with Crippen LogP contribution in [-0.2, 0) is 7.05 Å². The van der Waals surface area contributed by atoms with Crippen molar-refractivity contribution in [1.82, 2.24) is 14.9 Å². The summed E-state index contributed by atoms with van der Waals surface area (Å²) < 4.78 is 2.69. The van der Waals surface area contributed by atoms with E-state index < -0.39 is 0 Å². The first-order valence-electron chi connectivity index (χ1n) is 5.52. The highest BCUT2D eigenvalue weighted by Crippen LogP contribution is 2.20. The first kappa shape index (κ1) is 13.3. The van der Waals surface area contributed by atoms with Crippen molar-refractivity contribution in [2.75, 3.05) is 0 Å². The number of hydrogen-bond donors (Lipinski definition) is 1. The van der Waals surface area contributed by atoms with Gasteiger partial charge in [0.05, 0.1) is 6.04 Å². The van der Waals surface area contributed by atoms with Gasteiger partial charge in [0.2, 0.25) is 0 Å². The molecule has 0 saturated carbocycles. The van der Waals surface area contributed by atoms with Crippen LogP contribution in [0.1, 0.15) is 33.3 Å². The van der Waals surface area contributed by atoms with Crippen LogP contribution in [-0.4, -0.2) is 15.5 Å². The molecule has 1 N–H and O–H groups in total. The summed E-state index contributed by atoms with van der Waals surface area (Å²) in [5.74, 6) is -0.0939. The summed E-state index contributed by atoms with van der Waals surface area (Å²) in [6.45, 7) is 3.94. The zero-order chi connectivity index (χ0) is 13.3. The Morgan fingerprint density at radius 2 is 2.33 bits per heavy atom. The highest BCUT2D eigenvalue weighted by atomic mass is 79.9. The van der Waals surface area contributed by atoms with Crippen molar-refractivity contribution >= 4 is 33.2 Å². The van der Waals surface area contributed by atoms with E-state index in [1.165, 1.54) is 0 Å². The summed E-state index contributed by atoms with van der Waals surface area (Å²) in [7, 11) is 1.85. The van der Waals surface area contributed by atoms with E-state index in [2.05, 4.69) is 26.2 Å². The predicted octanol–water partition coefficient (Wildman–Crippen LogP) is 3.04. The molecular formula is C12H14BrN3OS. The van der Waals surface area contributed by atoms with Gasteiger partial charge < -0.3 is 9.88 Å². The Hall–Kier alpha value is -1.14. The van der Waals surface area contributed by atoms with Crippen molar-refractivity contribution in [2.45, 2.75) is 19.9 Å². The molecular weight excluding hydrogens is 314 g/mol. The molecule has 2 aromatic heterocycles. The summed E-state index contributed by atoms with van der Waals surface area (Å²) in [4.78, 5) is 17.5. The number of amides is 1. The first-order valence-corrected chi connectivity index (χ1v) is 7.13. The van der Waals surface area contributed by atoms with Gasteiger partial charge >= 0.3 is 0 Å². The zero-order valence-corrected chi connectivity index (χ0v) is 12.8. The average Bonchev–Trinajstić information content (AvgIpc) is 2.84. The number of halogens is 1. The van der Waals surface area contributed by atoms with Crippen molar-refractivity contribution < 1.29 is 4.79 Å². The Morgan fingerprint density at radius 3 is 2.83 bits per heavy atom. The molecule has 0 aromatic carbocycles. The lowest BCUT2D eigenvalue weighted by Gasteiger charge is -2.11. The minimum absolute atomic E-state index is 0.0788. The second-order valence-electron chi connectivity index (χ2n) is 4.16. The molecule has 2 rings (SSSR count). The Balaban J connectivity index is 2.10. The minimum atomic E-state index is -0.0939. The van der Waals surface area contributed by atoms with Gasteiger partial charge in [0, 0.05) is 28.8 Å². The van der Waals surface area contributed by atoms with E-state index in [9.17, 15) is 4.79 Å². The third-order valence-electron chi connectivity index (χ3n) is 2.56. The average molecular weight is 328 g/mol. The van der Waals surface area contributed by atoms with Crippen LogP contribution in [0, 0.1) is 6.92 Å². The maximum Gasteiger partial charge on any atom is 0.268 e. The van der Waals surface area contributed by atoms with E-state index in [0.29, 0.717) is 5.69 Å². The standard InChI is InChI=1S/C12H14BrN3OS/c1-7-5-14-12(18-7)8(2)15-11(17)10-4-9(13)6-16(10)3/h4-6,8H,1-3H3,(H,15,17). The van der Waals surface area contributed by atoms with Gasteiger partial charge in [0.25, 0.3) is 5.91 Å². The van der Waals surface area contributed by atoms with E-state index in [4.69, 9.17) is 0 Å². The molecule has 4 nitrogen and oxygen atoms in total. The first-order chi connectivity index (χ1) is 8.47. The monoisotopic (exact) mass is 327 g/mol. The molecule has 0 bridgehead atoms. The van der Waals surface area contributed by atoms with Gasteiger partial charge in [0.15, 0.2) is 0 Å². The van der Waals surface area contributed by atoms with Gasteiger partial charge in [-0.15, -0.1) is 11.3 Å². The molecule has 1 atom stereocenters. The summed E-state index contributed by atoms with van der Waals surface area (Å²) in [6.07, 6.45) is 3.68. The lowest BCUT2D eigenvalue weighted by Crippen LogP contribution is -2.28. The molecule has 18 heavy (non-hydrogen) atoms. The van der Waals surface area contributed by atoms with Gasteiger partial charge in [-0.2, -0.15) is 0 Å². The third-order valence-corrected chi connectivity index (χ3v) is 4.09. The number of aryl methyl sites for hydroxylation is 2. The van der Waals surface area contributed by atoms with Gasteiger partial charge in [-0.25, -0.2) is 4.98 Å². The van der Waals surface area contributed by atoms with E-state index in [1.54, 1.807) is 22.0 Å². The summed E-state index contributed by atoms with van der Waals surface area (Å²) in [5.41, 5.74) is 0.627. The molecule has 0 fully saturated rings. The second kappa shape index (κ2) is 5.24. The fourth-order valence-electron chi connectivity index (χ4n) is 1.65. The third kappa shape index (κ3) is 2.81. The summed E-state index contributed by atoms with van der Waals surface area (Å²) in [5, 5.41) is 3.87. The molecule has 1 unspecified atom stereocenters. The molecule has 0 spiro atoms. The van der Waals surface area contributed by atoms with Crippen molar-refractivity contribution in [1.29, 1.82) is 0 Å². The van der Waals surface area contributed by atoms with Gasteiger partial charge in [-0.05, 0) is 35.8 Å². The number of carbonyl (C=O) groups is 1. The molecule has 0 radical (unpaired) electrons. The van der Waals surface area contributed by atoms with Gasteiger partial charge in [-0.1, -0.05) is 0 Å². The van der Waals surface area contributed by atoms with Crippen LogP contribution < -0.4 is 5.32 Å². The maximum atomic E-state index is 12.1. The fourth-order valence-corrected chi connectivity index (χ4v) is 2.96. The lowest BCUT2D eigenvalue weighted by molar-refractivity contribution is 0.0931. The molecule has 2 heterocycles. The minimum Gasteiger partial charge on any atom is -0.345 e. The normalized spacial score (nSPS) is 12.4. The van der Waals surface area contributed by atoms with E-state index in [0.717, 1.165) is 14.4 Å². The van der Waals surface area contributed by atoms with E-state index in [-0.39, 0.29) is 11.9 Å². The number of nitrogens with one attached hydrogen (secondary N) is 1. The molecule has 0 aliphatic rings. The van der Waals surface area contributed by atoms with Crippen molar-refractivity contribution in [3.05, 3.63) is 38.5 Å². The predicted molar refractivity (Wildman–Crippen MR) is 75.8 cm³/mol. The number of rotatable bonds is 3. The Bertz CT molecular complexity index is 576. The molecule has 0 aliphatic heterocycles. The molecule has 96 valence electrons. The van der Waals surface area contributed by atoms with Crippen LogP contribution in [0.5, 0.6) is 0 Å². The van der Waals surface area contributed by atoms with Gasteiger partial charge in [-0.3, -0.25) is 4.79 Å². The Kier molecular flexibility index (Phi) is 3.87. The summed E-state index contributed by atoms with van der Waals surface area (Å²) in [6, 6.07) is 1.72. The van der Waals surface area contributed by atoms with Crippen molar-refractivity contribution in [2.24, 2.45) is 7.05 Å². The van der Waals surface area contributed by atoms with Crippen LogP contribution >= 0.6 is 27.3 Å². The molecule has 0 saturated heterocycles. The zero-order valence-electron chi connectivity index (χ0n) is 10.4. The largest absolute Gasteiger partial charge is 0.345 e. The quantitative estimate of drug-likeness (QED) is 0.941. The topological polar surface area (TPSA) is 46.9 Å². The SMILES string of the molecule is Cc1cnc(C(C)NC(=O)c2cc(Br)cn2C)s1. The van der Waals surface area contributed by atoms with Crippen molar-refractivity contribution in [3.8, 4) is 0 Å². The molecule has 1 amide bonds. The number of carbonyl (C=O) groups excluding carboxylic acids is 1. The highest BCUT2D eigenvalue weighted by Gasteiger charge is 2.16. The number of nitrogens with zero attached hydrogens (tertiary/aromatic N) is 2. The van der Waals surface area contributed by atoms with Crippen LogP contribution in [0.25, 0.3) is 0 Å². The van der Waals surface area contributed by atoms with Crippen LogP contribution in [0.4, 0.5) is 0 Å². The van der Waals surface area contributed by atoms with E-state index in [1.807, 2.05) is 33.3 Å². The van der Waals surface area contributed by atoms with Crippen LogP contribution in [0.2, 0.25) is 0 Å². The second-order valence-corrected chi connectivity index (χ2v) is 6.34. The van der Waals surface area contributed by atoms with Crippen LogP contribution in [0.15, 0.2) is 22.9 Å². The number of hydrogen-bond acceptors (Lipinski definition) is 3. The Morgan fingerprint density at radius 1 is 1.61 bits per heavy atom. The molecule has 2 aromatic rings.